The number of nitrogens with zero attached hydrogens (tertiary/aromatic N) is 3. The maximum atomic E-state index is 13.7. The molecule has 0 aliphatic carbocycles. The van der Waals surface area contributed by atoms with Crippen LogP contribution in [0.1, 0.15) is 16.1 Å². The number of sulfonamides is 2. The summed E-state index contributed by atoms with van der Waals surface area (Å²) in [5.74, 6) is -3.33. The van der Waals surface area contributed by atoms with Gasteiger partial charge in [0.05, 0.1) is 21.2 Å². The lowest BCUT2D eigenvalue weighted by molar-refractivity contribution is 0.102. The summed E-state index contributed by atoms with van der Waals surface area (Å²) >= 11 is 0.330. The van der Waals surface area contributed by atoms with Crippen LogP contribution in [0, 0.1) is 6.92 Å². The molecule has 0 saturated carbocycles. The highest BCUT2D eigenvalue weighted by molar-refractivity contribution is 7.99. The molecule has 1 aromatic heterocycles. The van der Waals surface area contributed by atoms with E-state index in [4.69, 9.17) is 0 Å². The van der Waals surface area contributed by atoms with E-state index in [0.717, 1.165) is 10.4 Å². The average Bonchev–Trinajstić information content (AvgIpc) is 3.28. The smallest absolute Gasteiger partial charge is 0.296 e. The van der Waals surface area contributed by atoms with Gasteiger partial charge in [-0.15, -0.1) is 0 Å². The zero-order valence-electron chi connectivity index (χ0n) is 25.7. The SMILES string of the molecule is Cc1c(N(C)S(=O)(=O)c2cccc(C(=O)Nc3cccc(S(=O)(=O)Nc4ccc(SC(F)F)cc4)c3)c2)c(=O)n(-c2ccccc2)n1C. The molecule has 48 heavy (non-hydrogen) atoms. The number of amides is 1. The number of rotatable bonds is 11. The third kappa shape index (κ3) is 7.14. The molecule has 0 radical (unpaired) electrons. The first kappa shape index (κ1) is 34.4. The fourth-order valence-electron chi connectivity index (χ4n) is 4.86. The lowest BCUT2D eigenvalue weighted by Gasteiger charge is -2.18. The minimum Gasteiger partial charge on any atom is -0.322 e. The molecule has 0 saturated heterocycles. The quantitative estimate of drug-likeness (QED) is 0.168. The number of carbonyl (C=O) groups is 1. The second-order valence-corrected chi connectivity index (χ2v) is 15.1. The maximum Gasteiger partial charge on any atom is 0.296 e. The first-order chi connectivity index (χ1) is 22.7. The van der Waals surface area contributed by atoms with Crippen LogP contribution in [0.15, 0.2) is 123 Å². The summed E-state index contributed by atoms with van der Waals surface area (Å²) in [4.78, 5) is 26.5. The van der Waals surface area contributed by atoms with Crippen molar-refractivity contribution in [3.8, 4) is 5.69 Å². The molecule has 11 nitrogen and oxygen atoms in total. The average molecular weight is 714 g/mol. The third-order valence-electron chi connectivity index (χ3n) is 7.33. The zero-order chi connectivity index (χ0) is 34.8. The number of alkyl halides is 2. The second-order valence-electron chi connectivity index (χ2n) is 10.4. The van der Waals surface area contributed by atoms with Gasteiger partial charge in [0.15, 0.2) is 0 Å². The fraction of sp³-hybridized carbons (Fsp3) is 0.125. The van der Waals surface area contributed by atoms with Gasteiger partial charge < -0.3 is 5.32 Å². The molecule has 1 amide bonds. The number of nitrogens with one attached hydrogen (secondary N) is 2. The first-order valence-electron chi connectivity index (χ1n) is 14.1. The maximum absolute atomic E-state index is 13.7. The van der Waals surface area contributed by atoms with Gasteiger partial charge in [-0.1, -0.05) is 42.1 Å². The number of benzene rings is 4. The molecule has 0 aliphatic rings. The predicted octanol–water partition coefficient (Wildman–Crippen LogP) is 5.68. The summed E-state index contributed by atoms with van der Waals surface area (Å²) < 4.78 is 84.8. The molecule has 0 spiro atoms. The third-order valence-corrected chi connectivity index (χ3v) is 11.2. The van der Waals surface area contributed by atoms with Crippen LogP contribution in [-0.2, 0) is 27.1 Å². The van der Waals surface area contributed by atoms with Gasteiger partial charge in [-0.05, 0) is 79.7 Å². The Balaban J connectivity index is 1.35. The Kier molecular flexibility index (Phi) is 9.79. The molecule has 0 unspecified atom stereocenters. The molecule has 0 atom stereocenters. The van der Waals surface area contributed by atoms with E-state index in [1.54, 1.807) is 49.0 Å². The molecule has 5 aromatic rings. The van der Waals surface area contributed by atoms with Gasteiger partial charge in [-0.25, -0.2) is 21.5 Å². The van der Waals surface area contributed by atoms with Gasteiger partial charge in [-0.2, -0.15) is 8.78 Å². The molecule has 250 valence electrons. The Morgan fingerprint density at radius 2 is 1.48 bits per heavy atom. The van der Waals surface area contributed by atoms with Crippen LogP contribution in [0.2, 0.25) is 0 Å². The lowest BCUT2D eigenvalue weighted by Crippen LogP contribution is -2.32. The second kappa shape index (κ2) is 13.7. The Morgan fingerprint density at radius 1 is 0.833 bits per heavy atom. The monoisotopic (exact) mass is 713 g/mol. The van der Waals surface area contributed by atoms with Gasteiger partial charge >= 0.3 is 0 Å². The molecule has 0 bridgehead atoms. The van der Waals surface area contributed by atoms with Crippen molar-refractivity contribution < 1.29 is 30.4 Å². The van der Waals surface area contributed by atoms with Crippen LogP contribution in [0.25, 0.3) is 5.69 Å². The summed E-state index contributed by atoms with van der Waals surface area (Å²) in [5.41, 5.74) is 0.560. The molecule has 0 fully saturated rings. The number of carbonyl (C=O) groups excluding carboxylic acids is 1. The van der Waals surface area contributed by atoms with Crippen LogP contribution >= 0.6 is 11.8 Å². The van der Waals surface area contributed by atoms with Gasteiger partial charge in [0.2, 0.25) is 0 Å². The van der Waals surface area contributed by atoms with Crippen molar-refractivity contribution >= 4 is 54.8 Å². The van der Waals surface area contributed by atoms with E-state index in [2.05, 4.69) is 10.0 Å². The molecule has 0 aliphatic heterocycles. The normalized spacial score (nSPS) is 11.8. The number of hydrogen-bond acceptors (Lipinski definition) is 7. The van der Waals surface area contributed by atoms with E-state index in [-0.39, 0.29) is 37.3 Å². The fourth-order valence-corrected chi connectivity index (χ4v) is 7.75. The van der Waals surface area contributed by atoms with Gasteiger partial charge in [0.1, 0.15) is 5.69 Å². The Labute approximate surface area is 279 Å². The number of hydrogen-bond donors (Lipinski definition) is 2. The van der Waals surface area contributed by atoms with E-state index >= 15 is 0 Å². The van der Waals surface area contributed by atoms with Crippen molar-refractivity contribution in [3.05, 3.63) is 125 Å². The van der Waals surface area contributed by atoms with Crippen molar-refractivity contribution in [2.75, 3.05) is 21.4 Å². The largest absolute Gasteiger partial charge is 0.322 e. The Morgan fingerprint density at radius 3 is 2.15 bits per heavy atom. The topological polar surface area (TPSA) is 140 Å². The van der Waals surface area contributed by atoms with Gasteiger partial charge in [0.25, 0.3) is 37.3 Å². The van der Waals surface area contributed by atoms with E-state index in [1.165, 1.54) is 78.5 Å². The summed E-state index contributed by atoms with van der Waals surface area (Å²) in [6, 6.07) is 24.8. The number of para-hydroxylation sites is 1. The van der Waals surface area contributed by atoms with Crippen molar-refractivity contribution in [2.45, 2.75) is 27.4 Å². The van der Waals surface area contributed by atoms with E-state index in [0.29, 0.717) is 23.1 Å². The van der Waals surface area contributed by atoms with Gasteiger partial charge in [-0.3, -0.25) is 23.3 Å². The first-order valence-corrected chi connectivity index (χ1v) is 17.9. The van der Waals surface area contributed by atoms with Crippen LogP contribution in [0.4, 0.5) is 25.8 Å². The van der Waals surface area contributed by atoms with E-state index < -0.39 is 37.3 Å². The molecule has 4 aromatic carbocycles. The number of aromatic nitrogens is 2. The zero-order valence-corrected chi connectivity index (χ0v) is 28.1. The summed E-state index contributed by atoms with van der Waals surface area (Å²) in [5, 5.41) is 2.58. The van der Waals surface area contributed by atoms with Crippen molar-refractivity contribution in [1.29, 1.82) is 0 Å². The molecule has 16 heteroatoms. The summed E-state index contributed by atoms with van der Waals surface area (Å²) in [6.45, 7) is 1.63. The minimum absolute atomic E-state index is 0.0379. The van der Waals surface area contributed by atoms with Crippen molar-refractivity contribution in [3.63, 3.8) is 0 Å². The molecule has 5 rings (SSSR count). The summed E-state index contributed by atoms with van der Waals surface area (Å²) in [6.07, 6.45) is 0. The lowest BCUT2D eigenvalue weighted by atomic mass is 10.2. The highest BCUT2D eigenvalue weighted by atomic mass is 32.2. The van der Waals surface area contributed by atoms with Crippen molar-refractivity contribution in [1.82, 2.24) is 9.36 Å². The number of anilines is 3. The standard InChI is InChI=1S/C32H29F2N5O6S3/c1-21-29(31(41)39(37(21)2)25-11-5-4-6-12-25)38(3)48(44,45)28-14-7-9-22(19-28)30(40)35-24-10-8-13-27(20-24)47(42,43)36-23-15-17-26(18-16-23)46-32(33)34/h4-20,32,36H,1-3H3,(H,35,40). The predicted molar refractivity (Wildman–Crippen MR) is 181 cm³/mol. The Hall–Kier alpha value is -4.93. The van der Waals surface area contributed by atoms with Crippen LogP contribution in [-0.4, -0.2) is 44.9 Å². The van der Waals surface area contributed by atoms with E-state index in [1.807, 2.05) is 0 Å². The molecule has 2 N–H and O–H groups in total. The Bertz CT molecular complexity index is 2260. The van der Waals surface area contributed by atoms with Crippen molar-refractivity contribution in [2.24, 2.45) is 7.05 Å². The molecular weight excluding hydrogens is 685 g/mol. The van der Waals surface area contributed by atoms with Crippen LogP contribution in [0.5, 0.6) is 0 Å². The summed E-state index contributed by atoms with van der Waals surface area (Å²) in [7, 11) is -5.54. The molecular formula is C32H29F2N5O6S3. The molecule has 1 heterocycles. The van der Waals surface area contributed by atoms with E-state index in [9.17, 15) is 35.2 Å². The van der Waals surface area contributed by atoms with Gasteiger partial charge in [0, 0.05) is 35.9 Å². The number of thioether (sulfide) groups is 1. The van der Waals surface area contributed by atoms with Crippen LogP contribution in [0.3, 0.4) is 0 Å². The minimum atomic E-state index is -4.32. The highest BCUT2D eigenvalue weighted by Gasteiger charge is 2.29. The number of halogens is 2. The highest BCUT2D eigenvalue weighted by Crippen LogP contribution is 2.28. The van der Waals surface area contributed by atoms with Crippen LogP contribution < -0.4 is 19.9 Å².